The Labute approximate surface area is 202 Å². The minimum atomic E-state index is -0.460. The number of rotatable bonds is 8. The zero-order chi connectivity index (χ0) is 24.0. The van der Waals surface area contributed by atoms with Crippen LogP contribution in [-0.2, 0) is 16.0 Å². The zero-order valence-electron chi connectivity index (χ0n) is 20.3. The molecule has 4 rings (SSSR count). The summed E-state index contributed by atoms with van der Waals surface area (Å²) in [7, 11) is 3.73. The summed E-state index contributed by atoms with van der Waals surface area (Å²) in [6.45, 7) is 7.01. The molecule has 1 N–H and O–H groups in total. The van der Waals surface area contributed by atoms with Crippen molar-refractivity contribution in [2.75, 3.05) is 66.6 Å². The SMILES string of the molecule is COc1ccc(F)cc1-c1ccc(CC2(C(=O)NCCN3CCN(C)CC3)CCOCC2)cc1. The van der Waals surface area contributed by atoms with Gasteiger partial charge in [-0.25, -0.2) is 4.39 Å². The van der Waals surface area contributed by atoms with Crippen LogP contribution < -0.4 is 10.1 Å². The normalized spacial score (nSPS) is 19.0. The molecular weight excluding hydrogens is 433 g/mol. The van der Waals surface area contributed by atoms with E-state index in [4.69, 9.17) is 9.47 Å². The number of nitrogens with one attached hydrogen (secondary N) is 1. The Hall–Kier alpha value is -2.48. The van der Waals surface area contributed by atoms with Crippen LogP contribution in [0.2, 0.25) is 0 Å². The number of nitrogens with zero attached hydrogens (tertiary/aromatic N) is 2. The van der Waals surface area contributed by atoms with E-state index in [1.54, 1.807) is 13.2 Å². The third-order valence-electron chi connectivity index (χ3n) is 7.21. The first kappa shape index (κ1) is 24.6. The Morgan fingerprint density at radius 1 is 1.09 bits per heavy atom. The Morgan fingerprint density at radius 3 is 2.47 bits per heavy atom. The van der Waals surface area contributed by atoms with Crippen molar-refractivity contribution in [2.45, 2.75) is 19.3 Å². The van der Waals surface area contributed by atoms with Gasteiger partial charge in [0.2, 0.25) is 5.91 Å². The molecule has 1 amide bonds. The summed E-state index contributed by atoms with van der Waals surface area (Å²) in [5.74, 6) is 0.463. The number of benzene rings is 2. The first-order chi connectivity index (χ1) is 16.5. The number of ether oxygens (including phenoxy) is 2. The summed E-state index contributed by atoms with van der Waals surface area (Å²) in [5, 5.41) is 3.22. The van der Waals surface area contributed by atoms with Gasteiger partial charge >= 0.3 is 0 Å². The molecule has 34 heavy (non-hydrogen) atoms. The molecule has 2 aliphatic rings. The van der Waals surface area contributed by atoms with Crippen molar-refractivity contribution in [1.29, 1.82) is 0 Å². The smallest absolute Gasteiger partial charge is 0.226 e. The highest BCUT2D eigenvalue weighted by Gasteiger charge is 2.40. The first-order valence-corrected chi connectivity index (χ1v) is 12.2. The van der Waals surface area contributed by atoms with Crippen molar-refractivity contribution in [3.05, 3.63) is 53.8 Å². The molecule has 2 aromatic rings. The number of carbonyl (C=O) groups is 1. The van der Waals surface area contributed by atoms with Crippen LogP contribution in [0.4, 0.5) is 4.39 Å². The Balaban J connectivity index is 1.41. The van der Waals surface area contributed by atoms with E-state index in [2.05, 4.69) is 22.2 Å². The van der Waals surface area contributed by atoms with Crippen molar-refractivity contribution >= 4 is 5.91 Å². The molecule has 2 fully saturated rings. The highest BCUT2D eigenvalue weighted by molar-refractivity contribution is 5.83. The van der Waals surface area contributed by atoms with Crippen LogP contribution in [-0.4, -0.2) is 82.3 Å². The molecule has 6 nitrogen and oxygen atoms in total. The summed E-state index contributed by atoms with van der Waals surface area (Å²) in [6, 6.07) is 12.6. The molecule has 0 bridgehead atoms. The molecule has 0 aromatic heterocycles. The van der Waals surface area contributed by atoms with Crippen molar-refractivity contribution in [1.82, 2.24) is 15.1 Å². The molecule has 0 saturated carbocycles. The van der Waals surface area contributed by atoms with E-state index >= 15 is 0 Å². The van der Waals surface area contributed by atoms with E-state index in [1.165, 1.54) is 12.1 Å². The first-order valence-electron chi connectivity index (χ1n) is 12.2. The van der Waals surface area contributed by atoms with Crippen LogP contribution in [0.3, 0.4) is 0 Å². The number of hydrogen-bond acceptors (Lipinski definition) is 5. The van der Waals surface area contributed by atoms with Crippen LogP contribution in [0.25, 0.3) is 11.1 Å². The zero-order valence-corrected chi connectivity index (χ0v) is 20.3. The highest BCUT2D eigenvalue weighted by atomic mass is 19.1. The number of carbonyl (C=O) groups excluding carboxylic acids is 1. The van der Waals surface area contributed by atoms with Crippen LogP contribution in [0.15, 0.2) is 42.5 Å². The fourth-order valence-corrected chi connectivity index (χ4v) is 4.93. The minimum absolute atomic E-state index is 0.126. The molecule has 0 atom stereocenters. The molecule has 0 aliphatic carbocycles. The summed E-state index contributed by atoms with van der Waals surface area (Å²) in [5.41, 5.74) is 2.24. The summed E-state index contributed by atoms with van der Waals surface area (Å²) >= 11 is 0. The molecule has 2 aliphatic heterocycles. The Kier molecular flexibility index (Phi) is 8.19. The fourth-order valence-electron chi connectivity index (χ4n) is 4.93. The lowest BCUT2D eigenvalue weighted by Crippen LogP contribution is -2.50. The van der Waals surface area contributed by atoms with Crippen molar-refractivity contribution < 1.29 is 18.7 Å². The van der Waals surface area contributed by atoms with E-state index in [9.17, 15) is 9.18 Å². The number of amides is 1. The number of halogens is 1. The van der Waals surface area contributed by atoms with Crippen molar-refractivity contribution in [2.24, 2.45) is 5.41 Å². The van der Waals surface area contributed by atoms with E-state index in [1.807, 2.05) is 24.3 Å². The van der Waals surface area contributed by atoms with Gasteiger partial charge in [0, 0.05) is 58.0 Å². The standard InChI is InChI=1S/C27H36FN3O3/c1-30-13-15-31(16-14-30)12-11-29-26(32)27(9-17-34-18-10-27)20-21-3-5-22(6-4-21)24-19-23(28)7-8-25(24)33-2/h3-8,19H,9-18,20H2,1-2H3,(H,29,32). The lowest BCUT2D eigenvalue weighted by atomic mass is 9.74. The summed E-state index contributed by atoms with van der Waals surface area (Å²) in [6.07, 6.45) is 2.09. The van der Waals surface area contributed by atoms with E-state index in [0.717, 1.165) is 49.4 Å². The van der Waals surface area contributed by atoms with Gasteiger partial charge in [-0.3, -0.25) is 9.69 Å². The van der Waals surface area contributed by atoms with E-state index < -0.39 is 5.41 Å². The van der Waals surface area contributed by atoms with Crippen LogP contribution in [0.5, 0.6) is 5.75 Å². The highest BCUT2D eigenvalue weighted by Crippen LogP contribution is 2.36. The average molecular weight is 470 g/mol. The monoisotopic (exact) mass is 469 g/mol. The van der Waals surface area contributed by atoms with Gasteiger partial charge in [0.05, 0.1) is 12.5 Å². The molecule has 2 saturated heterocycles. The molecule has 7 heteroatoms. The third-order valence-corrected chi connectivity index (χ3v) is 7.21. The molecular formula is C27H36FN3O3. The van der Waals surface area contributed by atoms with E-state index in [-0.39, 0.29) is 11.7 Å². The topological polar surface area (TPSA) is 54.0 Å². The number of likely N-dealkylation sites (N-methyl/N-ethyl adjacent to an activating group) is 1. The molecule has 0 unspecified atom stereocenters. The van der Waals surface area contributed by atoms with Gasteiger partial charge < -0.3 is 19.7 Å². The van der Waals surface area contributed by atoms with Gasteiger partial charge in [-0.15, -0.1) is 0 Å². The minimum Gasteiger partial charge on any atom is -0.496 e. The Morgan fingerprint density at radius 2 is 1.79 bits per heavy atom. The number of methoxy groups -OCH3 is 1. The van der Waals surface area contributed by atoms with Gasteiger partial charge in [-0.05, 0) is 55.6 Å². The Bertz CT molecular complexity index is 952. The average Bonchev–Trinajstić information content (AvgIpc) is 2.86. The van der Waals surface area contributed by atoms with Crippen LogP contribution in [0, 0.1) is 11.2 Å². The quantitative estimate of drug-likeness (QED) is 0.644. The molecule has 0 spiro atoms. The summed E-state index contributed by atoms with van der Waals surface area (Å²) in [4.78, 5) is 18.1. The predicted molar refractivity (Wildman–Crippen MR) is 132 cm³/mol. The second-order valence-corrected chi connectivity index (χ2v) is 9.51. The van der Waals surface area contributed by atoms with Crippen molar-refractivity contribution in [3.63, 3.8) is 0 Å². The van der Waals surface area contributed by atoms with Crippen LogP contribution in [0.1, 0.15) is 18.4 Å². The number of hydrogen-bond donors (Lipinski definition) is 1. The second kappa shape index (κ2) is 11.3. The number of piperazine rings is 1. The maximum absolute atomic E-state index is 13.8. The maximum atomic E-state index is 13.8. The van der Waals surface area contributed by atoms with Crippen LogP contribution >= 0.6 is 0 Å². The fraction of sp³-hybridized carbons (Fsp3) is 0.519. The second-order valence-electron chi connectivity index (χ2n) is 9.51. The van der Waals surface area contributed by atoms with Gasteiger partial charge in [-0.2, -0.15) is 0 Å². The molecule has 0 radical (unpaired) electrons. The largest absolute Gasteiger partial charge is 0.496 e. The van der Waals surface area contributed by atoms with Gasteiger partial charge in [0.25, 0.3) is 0 Å². The van der Waals surface area contributed by atoms with Gasteiger partial charge in [0.1, 0.15) is 11.6 Å². The third kappa shape index (κ3) is 5.95. The van der Waals surface area contributed by atoms with Gasteiger partial charge in [0.15, 0.2) is 0 Å². The molecule has 2 aromatic carbocycles. The lowest BCUT2D eigenvalue weighted by molar-refractivity contribution is -0.136. The van der Waals surface area contributed by atoms with Crippen molar-refractivity contribution in [3.8, 4) is 16.9 Å². The summed E-state index contributed by atoms with van der Waals surface area (Å²) < 4.78 is 24.8. The molecule has 184 valence electrons. The maximum Gasteiger partial charge on any atom is 0.226 e. The predicted octanol–water partition coefficient (Wildman–Crippen LogP) is 3.20. The molecule has 2 heterocycles. The lowest BCUT2D eigenvalue weighted by Gasteiger charge is -2.37. The van der Waals surface area contributed by atoms with E-state index in [0.29, 0.717) is 44.8 Å². The van der Waals surface area contributed by atoms with Gasteiger partial charge in [-0.1, -0.05) is 24.3 Å².